The van der Waals surface area contributed by atoms with Crippen molar-refractivity contribution in [1.82, 2.24) is 4.98 Å². The molecule has 0 unspecified atom stereocenters. The first-order valence-corrected chi connectivity index (χ1v) is 5.14. The highest BCUT2D eigenvalue weighted by molar-refractivity contribution is 7.12. The van der Waals surface area contributed by atoms with Crippen molar-refractivity contribution in [2.45, 2.75) is 0 Å². The molecule has 0 fully saturated rings. The second kappa shape index (κ2) is 4.03. The Hall–Kier alpha value is -1.99. The molecule has 0 saturated carbocycles. The van der Waals surface area contributed by atoms with Gasteiger partial charge in [-0.05, 0) is 17.5 Å². The van der Waals surface area contributed by atoms with Crippen LogP contribution in [0.3, 0.4) is 0 Å². The Morgan fingerprint density at radius 3 is 2.53 bits per heavy atom. The Kier molecular flexibility index (Phi) is 2.57. The Morgan fingerprint density at radius 1 is 1.20 bits per heavy atom. The third-order valence-corrected chi connectivity index (χ3v) is 2.69. The van der Waals surface area contributed by atoms with Crippen molar-refractivity contribution in [3.63, 3.8) is 0 Å². The molecule has 3 nitrogen and oxygen atoms in total. The van der Waals surface area contributed by atoms with Gasteiger partial charge in [0, 0.05) is 11.6 Å². The van der Waals surface area contributed by atoms with Gasteiger partial charge >= 0.3 is 0 Å². The van der Waals surface area contributed by atoms with Gasteiger partial charge in [0.15, 0.2) is 0 Å². The highest BCUT2D eigenvalue weighted by Gasteiger charge is 2.00. The van der Waals surface area contributed by atoms with E-state index in [9.17, 15) is 4.79 Å². The van der Waals surface area contributed by atoms with E-state index in [-0.39, 0.29) is 5.56 Å². The summed E-state index contributed by atoms with van der Waals surface area (Å²) in [5.41, 5.74) is 1.21. The van der Waals surface area contributed by atoms with Crippen LogP contribution in [0, 0.1) is 11.3 Å². The minimum absolute atomic E-state index is 0.242. The molecule has 0 aliphatic carbocycles. The van der Waals surface area contributed by atoms with Gasteiger partial charge in [0.2, 0.25) is 0 Å². The number of rotatable bonds is 1. The SMILES string of the molecule is N#Cc1ccc(-c2nc(=O)ccs2)cc1. The lowest BCUT2D eigenvalue weighted by Gasteiger charge is -1.97. The van der Waals surface area contributed by atoms with Gasteiger partial charge in [-0.1, -0.05) is 12.1 Å². The van der Waals surface area contributed by atoms with Crippen molar-refractivity contribution in [3.8, 4) is 16.6 Å². The molecule has 1 aromatic carbocycles. The van der Waals surface area contributed by atoms with Crippen molar-refractivity contribution in [3.05, 3.63) is 51.6 Å². The number of aromatic nitrogens is 1. The zero-order valence-corrected chi connectivity index (χ0v) is 8.49. The first-order valence-electron chi connectivity index (χ1n) is 4.26. The number of benzene rings is 1. The minimum Gasteiger partial charge on any atom is -0.267 e. The van der Waals surface area contributed by atoms with Gasteiger partial charge in [0.1, 0.15) is 5.01 Å². The van der Waals surface area contributed by atoms with Gasteiger partial charge in [0.05, 0.1) is 11.6 Å². The monoisotopic (exact) mass is 214 g/mol. The van der Waals surface area contributed by atoms with Gasteiger partial charge in [-0.2, -0.15) is 10.2 Å². The molecule has 4 heteroatoms. The molecule has 0 atom stereocenters. The summed E-state index contributed by atoms with van der Waals surface area (Å²) in [4.78, 5) is 14.9. The highest BCUT2D eigenvalue weighted by atomic mass is 32.1. The molecule has 0 spiro atoms. The van der Waals surface area contributed by atoms with Gasteiger partial charge < -0.3 is 0 Å². The Balaban J connectivity index is 2.47. The van der Waals surface area contributed by atoms with Gasteiger partial charge in [-0.3, -0.25) is 4.79 Å². The first kappa shape index (κ1) is 9.56. The van der Waals surface area contributed by atoms with Crippen LogP contribution in [0.5, 0.6) is 0 Å². The lowest BCUT2D eigenvalue weighted by Crippen LogP contribution is -2.01. The predicted octanol–water partition coefficient (Wildman–Crippen LogP) is 2.04. The van der Waals surface area contributed by atoms with Crippen LogP contribution in [0.2, 0.25) is 0 Å². The number of nitrogens with zero attached hydrogens (tertiary/aromatic N) is 2. The summed E-state index contributed by atoms with van der Waals surface area (Å²) < 4.78 is 0. The fourth-order valence-corrected chi connectivity index (χ4v) is 1.87. The van der Waals surface area contributed by atoms with E-state index < -0.39 is 0 Å². The van der Waals surface area contributed by atoms with E-state index in [0.717, 1.165) is 5.56 Å². The standard InChI is InChI=1S/C11H6N2OS/c12-7-8-1-3-9(4-2-8)11-13-10(14)5-6-15-11/h1-6H. The molecule has 15 heavy (non-hydrogen) atoms. The Morgan fingerprint density at radius 2 is 1.93 bits per heavy atom. The number of nitriles is 1. The van der Waals surface area contributed by atoms with Gasteiger partial charge in [0.25, 0.3) is 5.56 Å². The first-order chi connectivity index (χ1) is 7.29. The summed E-state index contributed by atoms with van der Waals surface area (Å²) in [6.45, 7) is 0. The van der Waals surface area contributed by atoms with Crippen LogP contribution in [0.15, 0.2) is 40.5 Å². The zero-order chi connectivity index (χ0) is 10.7. The summed E-state index contributed by atoms with van der Waals surface area (Å²) >= 11 is 1.40. The predicted molar refractivity (Wildman–Crippen MR) is 58.5 cm³/mol. The summed E-state index contributed by atoms with van der Waals surface area (Å²) in [5, 5.41) is 11.0. The average Bonchev–Trinajstić information content (AvgIpc) is 2.29. The number of hydrogen-bond donors (Lipinski definition) is 0. The molecule has 72 valence electrons. The molecular weight excluding hydrogens is 208 g/mol. The largest absolute Gasteiger partial charge is 0.271 e. The molecule has 0 N–H and O–H groups in total. The summed E-state index contributed by atoms with van der Waals surface area (Å²) in [6.07, 6.45) is 0. The third kappa shape index (κ3) is 2.09. The molecule has 0 saturated heterocycles. The molecule has 2 rings (SSSR count). The molecule has 0 aliphatic rings. The maximum absolute atomic E-state index is 11.0. The smallest absolute Gasteiger partial charge is 0.267 e. The highest BCUT2D eigenvalue weighted by Crippen LogP contribution is 2.19. The van der Waals surface area contributed by atoms with Crippen molar-refractivity contribution in [2.75, 3.05) is 0 Å². The van der Waals surface area contributed by atoms with Crippen LogP contribution in [0.25, 0.3) is 10.6 Å². The molecule has 2 aromatic rings. The lowest BCUT2D eigenvalue weighted by molar-refractivity contribution is 1.28. The summed E-state index contributed by atoms with van der Waals surface area (Å²) in [5.74, 6) is 0. The summed E-state index contributed by atoms with van der Waals surface area (Å²) in [7, 11) is 0. The van der Waals surface area contributed by atoms with Crippen LogP contribution >= 0.6 is 11.3 Å². The van der Waals surface area contributed by atoms with Crippen LogP contribution < -0.4 is 5.56 Å². The average molecular weight is 214 g/mol. The topological polar surface area (TPSA) is 53.8 Å². The molecule has 0 amide bonds. The van der Waals surface area contributed by atoms with Crippen molar-refractivity contribution >= 4 is 11.3 Å². The van der Waals surface area contributed by atoms with E-state index in [2.05, 4.69) is 4.98 Å². The Bertz CT molecular complexity index is 566. The number of hydrogen-bond acceptors (Lipinski definition) is 4. The maximum Gasteiger partial charge on any atom is 0.271 e. The Labute approximate surface area is 90.3 Å². The second-order valence-corrected chi connectivity index (χ2v) is 3.76. The van der Waals surface area contributed by atoms with Crippen molar-refractivity contribution < 1.29 is 0 Å². The quantitative estimate of drug-likeness (QED) is 0.730. The lowest BCUT2D eigenvalue weighted by atomic mass is 10.1. The molecular formula is C11H6N2OS. The third-order valence-electron chi connectivity index (χ3n) is 1.86. The van der Waals surface area contributed by atoms with E-state index in [0.29, 0.717) is 10.6 Å². The van der Waals surface area contributed by atoms with Crippen LogP contribution in [0.4, 0.5) is 0 Å². The van der Waals surface area contributed by atoms with E-state index >= 15 is 0 Å². The fourth-order valence-electron chi connectivity index (χ4n) is 1.14. The van der Waals surface area contributed by atoms with Gasteiger partial charge in [-0.15, -0.1) is 11.3 Å². The fraction of sp³-hybridized carbons (Fsp3) is 0. The molecule has 1 aromatic heterocycles. The molecule has 1 heterocycles. The van der Waals surface area contributed by atoms with E-state index in [1.165, 1.54) is 17.4 Å². The van der Waals surface area contributed by atoms with E-state index in [1.54, 1.807) is 29.6 Å². The molecule has 0 radical (unpaired) electrons. The van der Waals surface area contributed by atoms with Crippen LogP contribution in [-0.4, -0.2) is 4.98 Å². The molecule has 0 bridgehead atoms. The summed E-state index contributed by atoms with van der Waals surface area (Å²) in [6, 6.07) is 10.5. The normalized spacial score (nSPS) is 9.53. The minimum atomic E-state index is -0.242. The zero-order valence-electron chi connectivity index (χ0n) is 7.68. The van der Waals surface area contributed by atoms with Crippen LogP contribution in [-0.2, 0) is 0 Å². The van der Waals surface area contributed by atoms with E-state index in [4.69, 9.17) is 5.26 Å². The van der Waals surface area contributed by atoms with E-state index in [1.807, 2.05) is 6.07 Å². The maximum atomic E-state index is 11.0. The molecule has 0 aliphatic heterocycles. The van der Waals surface area contributed by atoms with Crippen LogP contribution in [0.1, 0.15) is 5.56 Å². The second-order valence-electron chi connectivity index (χ2n) is 2.86. The van der Waals surface area contributed by atoms with Crippen molar-refractivity contribution in [2.24, 2.45) is 0 Å². The van der Waals surface area contributed by atoms with Gasteiger partial charge in [-0.25, -0.2) is 0 Å². The van der Waals surface area contributed by atoms with Crippen molar-refractivity contribution in [1.29, 1.82) is 5.26 Å².